The molecule has 1 aliphatic carbocycles. The molecule has 3 heterocycles. The molecule has 1 N–H and O–H groups in total. The van der Waals surface area contributed by atoms with Gasteiger partial charge in [0.05, 0.1) is 18.9 Å². The summed E-state index contributed by atoms with van der Waals surface area (Å²) in [6.45, 7) is 4.75. The highest BCUT2D eigenvalue weighted by Gasteiger charge is 2.49. The standard InChI is InChI=1S/C17H22N4O3/c1-10-4-12(10)17(23)21-7-13-11(9-24-15(13)8-21)5-20-16(22)14-6-18-2-3-19-14/h2-3,6,10-13,15H,4-5,7-9H2,1H3,(H,20,22)/t10-,11+,12+,13+,15+/m0/s1. The average Bonchev–Trinajstić information content (AvgIpc) is 3.02. The average molecular weight is 330 g/mol. The van der Waals surface area contributed by atoms with Crippen molar-refractivity contribution in [2.45, 2.75) is 19.4 Å². The first kappa shape index (κ1) is 15.5. The lowest BCUT2D eigenvalue weighted by Crippen LogP contribution is -2.36. The van der Waals surface area contributed by atoms with Crippen molar-refractivity contribution < 1.29 is 14.3 Å². The minimum atomic E-state index is -0.218. The molecule has 2 amide bonds. The van der Waals surface area contributed by atoms with Gasteiger partial charge in [-0.05, 0) is 12.3 Å². The maximum Gasteiger partial charge on any atom is 0.271 e. The third kappa shape index (κ3) is 2.88. The van der Waals surface area contributed by atoms with Crippen molar-refractivity contribution in [3.05, 3.63) is 24.3 Å². The van der Waals surface area contributed by atoms with Crippen LogP contribution in [0.1, 0.15) is 23.8 Å². The van der Waals surface area contributed by atoms with Gasteiger partial charge in [0.25, 0.3) is 5.91 Å². The summed E-state index contributed by atoms with van der Waals surface area (Å²) in [7, 11) is 0. The highest BCUT2D eigenvalue weighted by molar-refractivity contribution is 5.91. The van der Waals surface area contributed by atoms with Gasteiger partial charge in [-0.3, -0.25) is 14.6 Å². The molecule has 0 unspecified atom stereocenters. The lowest BCUT2D eigenvalue weighted by Gasteiger charge is -2.20. The van der Waals surface area contributed by atoms with Gasteiger partial charge in [0.1, 0.15) is 5.69 Å². The Hall–Kier alpha value is -2.02. The number of amides is 2. The molecule has 0 bridgehead atoms. The summed E-state index contributed by atoms with van der Waals surface area (Å²) in [4.78, 5) is 34.3. The molecule has 128 valence electrons. The molecule has 0 radical (unpaired) electrons. The van der Waals surface area contributed by atoms with Crippen LogP contribution in [0.2, 0.25) is 0 Å². The predicted molar refractivity (Wildman–Crippen MR) is 84.9 cm³/mol. The SMILES string of the molecule is C[C@H]1C[C@H]1C(=O)N1C[C@@H]2[C@H](CNC(=O)c3cnccn3)CO[C@@H]2C1. The van der Waals surface area contributed by atoms with E-state index in [9.17, 15) is 9.59 Å². The van der Waals surface area contributed by atoms with Crippen molar-refractivity contribution in [2.24, 2.45) is 23.7 Å². The molecule has 2 saturated heterocycles. The first-order valence-electron chi connectivity index (χ1n) is 8.58. The van der Waals surface area contributed by atoms with Crippen molar-refractivity contribution in [3.8, 4) is 0 Å². The predicted octanol–water partition coefficient (Wildman–Crippen LogP) is 0.336. The van der Waals surface area contributed by atoms with Crippen LogP contribution in [-0.4, -0.2) is 59.0 Å². The number of likely N-dealkylation sites (tertiary alicyclic amines) is 1. The molecule has 24 heavy (non-hydrogen) atoms. The van der Waals surface area contributed by atoms with E-state index in [1.165, 1.54) is 18.6 Å². The Bertz CT molecular complexity index is 638. The van der Waals surface area contributed by atoms with Crippen LogP contribution in [0.15, 0.2) is 18.6 Å². The highest BCUT2D eigenvalue weighted by atomic mass is 16.5. The van der Waals surface area contributed by atoms with Crippen LogP contribution in [0.25, 0.3) is 0 Å². The van der Waals surface area contributed by atoms with Crippen molar-refractivity contribution in [1.82, 2.24) is 20.2 Å². The fraction of sp³-hybridized carbons (Fsp3) is 0.647. The summed E-state index contributed by atoms with van der Waals surface area (Å²) in [5.41, 5.74) is 0.318. The number of nitrogens with one attached hydrogen (secondary N) is 1. The summed E-state index contributed by atoms with van der Waals surface area (Å²) < 4.78 is 5.86. The van der Waals surface area contributed by atoms with E-state index in [1.54, 1.807) is 0 Å². The molecule has 1 aromatic heterocycles. The molecule has 0 aromatic carbocycles. The normalized spacial score (nSPS) is 34.0. The zero-order chi connectivity index (χ0) is 16.7. The summed E-state index contributed by atoms with van der Waals surface area (Å²) in [5.74, 6) is 1.36. The topological polar surface area (TPSA) is 84.4 Å². The van der Waals surface area contributed by atoms with Crippen LogP contribution in [0, 0.1) is 23.7 Å². The fourth-order valence-electron chi connectivity index (χ4n) is 3.82. The molecular formula is C17H22N4O3. The Morgan fingerprint density at radius 1 is 1.38 bits per heavy atom. The monoisotopic (exact) mass is 330 g/mol. The van der Waals surface area contributed by atoms with E-state index in [4.69, 9.17) is 4.74 Å². The third-order valence-corrected chi connectivity index (χ3v) is 5.50. The van der Waals surface area contributed by atoms with Crippen molar-refractivity contribution in [3.63, 3.8) is 0 Å². The Morgan fingerprint density at radius 3 is 2.92 bits per heavy atom. The lowest BCUT2D eigenvalue weighted by molar-refractivity contribution is -0.132. The number of rotatable bonds is 4. The van der Waals surface area contributed by atoms with Gasteiger partial charge in [0.2, 0.25) is 5.91 Å². The van der Waals surface area contributed by atoms with E-state index in [1.807, 2.05) is 4.90 Å². The number of aromatic nitrogens is 2. The molecule has 5 atom stereocenters. The summed E-state index contributed by atoms with van der Waals surface area (Å²) >= 11 is 0. The van der Waals surface area contributed by atoms with E-state index in [2.05, 4.69) is 22.2 Å². The van der Waals surface area contributed by atoms with Crippen LogP contribution >= 0.6 is 0 Å². The first-order chi connectivity index (χ1) is 11.6. The van der Waals surface area contributed by atoms with Gasteiger partial charge in [-0.2, -0.15) is 0 Å². The molecule has 2 aliphatic heterocycles. The largest absolute Gasteiger partial charge is 0.376 e. The van der Waals surface area contributed by atoms with E-state index in [0.717, 1.165) is 13.0 Å². The molecule has 7 nitrogen and oxygen atoms in total. The van der Waals surface area contributed by atoms with Crippen LogP contribution in [0.5, 0.6) is 0 Å². The molecule has 1 saturated carbocycles. The van der Waals surface area contributed by atoms with Gasteiger partial charge >= 0.3 is 0 Å². The van der Waals surface area contributed by atoms with Gasteiger partial charge < -0.3 is 15.0 Å². The number of hydrogen-bond acceptors (Lipinski definition) is 5. The number of carbonyl (C=O) groups excluding carboxylic acids is 2. The minimum Gasteiger partial charge on any atom is -0.376 e. The molecule has 7 heteroatoms. The lowest BCUT2D eigenvalue weighted by atomic mass is 9.93. The van der Waals surface area contributed by atoms with Gasteiger partial charge in [0.15, 0.2) is 0 Å². The zero-order valence-electron chi connectivity index (χ0n) is 13.7. The Balaban J connectivity index is 1.31. The van der Waals surface area contributed by atoms with E-state index in [0.29, 0.717) is 37.2 Å². The molecule has 0 spiro atoms. The Morgan fingerprint density at radius 2 is 2.21 bits per heavy atom. The Labute approximate surface area is 140 Å². The molecule has 3 fully saturated rings. The summed E-state index contributed by atoms with van der Waals surface area (Å²) in [6.07, 6.45) is 5.63. The summed E-state index contributed by atoms with van der Waals surface area (Å²) in [6, 6.07) is 0. The number of ether oxygens (including phenoxy) is 1. The zero-order valence-corrected chi connectivity index (χ0v) is 13.7. The molecule has 1 aromatic rings. The van der Waals surface area contributed by atoms with Gasteiger partial charge in [-0.25, -0.2) is 4.98 Å². The van der Waals surface area contributed by atoms with E-state index in [-0.39, 0.29) is 29.8 Å². The number of nitrogens with zero attached hydrogens (tertiary/aromatic N) is 3. The van der Waals surface area contributed by atoms with Crippen LogP contribution < -0.4 is 5.32 Å². The second kappa shape index (κ2) is 6.12. The second-order valence-corrected chi connectivity index (χ2v) is 7.16. The minimum absolute atomic E-state index is 0.112. The number of carbonyl (C=O) groups is 2. The van der Waals surface area contributed by atoms with Gasteiger partial charge in [0, 0.05) is 49.8 Å². The summed E-state index contributed by atoms with van der Waals surface area (Å²) in [5, 5.41) is 2.91. The van der Waals surface area contributed by atoms with Gasteiger partial charge in [-0.15, -0.1) is 0 Å². The van der Waals surface area contributed by atoms with Crippen LogP contribution in [0.3, 0.4) is 0 Å². The second-order valence-electron chi connectivity index (χ2n) is 7.16. The quantitative estimate of drug-likeness (QED) is 0.860. The van der Waals surface area contributed by atoms with Crippen molar-refractivity contribution in [2.75, 3.05) is 26.2 Å². The molecular weight excluding hydrogens is 308 g/mol. The highest BCUT2D eigenvalue weighted by Crippen LogP contribution is 2.41. The van der Waals surface area contributed by atoms with Crippen molar-refractivity contribution >= 4 is 11.8 Å². The molecule has 4 rings (SSSR count). The van der Waals surface area contributed by atoms with Crippen LogP contribution in [-0.2, 0) is 9.53 Å². The Kier molecular flexibility index (Phi) is 3.96. The fourth-order valence-corrected chi connectivity index (χ4v) is 3.82. The van der Waals surface area contributed by atoms with Gasteiger partial charge in [-0.1, -0.05) is 6.92 Å². The molecule has 3 aliphatic rings. The number of hydrogen-bond donors (Lipinski definition) is 1. The maximum atomic E-state index is 12.4. The first-order valence-corrected chi connectivity index (χ1v) is 8.58. The maximum absolute atomic E-state index is 12.4. The van der Waals surface area contributed by atoms with Crippen LogP contribution in [0.4, 0.5) is 0 Å². The van der Waals surface area contributed by atoms with Crippen molar-refractivity contribution in [1.29, 1.82) is 0 Å². The van der Waals surface area contributed by atoms with E-state index < -0.39 is 0 Å². The third-order valence-electron chi connectivity index (χ3n) is 5.50. The smallest absolute Gasteiger partial charge is 0.271 e. The van der Waals surface area contributed by atoms with E-state index >= 15 is 0 Å². The number of fused-ring (bicyclic) bond motifs is 1.